The molecule has 0 spiro atoms. The maximum Gasteiger partial charge on any atom is 0.224 e. The Morgan fingerprint density at radius 3 is 2.94 bits per heavy atom. The van der Waals surface area contributed by atoms with Gasteiger partial charge in [0.25, 0.3) is 0 Å². The topological polar surface area (TPSA) is 49.8 Å². The molecule has 1 heterocycles. The minimum atomic E-state index is -0.394. The number of hydrogen-bond donors (Lipinski definition) is 2. The highest BCUT2D eigenvalue weighted by atomic mass is 19.1. The van der Waals surface area contributed by atoms with Gasteiger partial charge in [0.05, 0.1) is 6.20 Å². The fourth-order valence-corrected chi connectivity index (χ4v) is 1.86. The molecule has 1 unspecified atom stereocenters. The molecular formula is C12H19FN4. The molecule has 2 rings (SSSR count). The first-order chi connectivity index (χ1) is 8.19. The van der Waals surface area contributed by atoms with Gasteiger partial charge in [-0.05, 0) is 26.2 Å². The Morgan fingerprint density at radius 2 is 2.29 bits per heavy atom. The second kappa shape index (κ2) is 5.29. The van der Waals surface area contributed by atoms with E-state index < -0.39 is 5.82 Å². The quantitative estimate of drug-likeness (QED) is 0.800. The summed E-state index contributed by atoms with van der Waals surface area (Å²) in [6.45, 7) is 4.74. The van der Waals surface area contributed by atoms with Gasteiger partial charge in [0.2, 0.25) is 5.95 Å². The lowest BCUT2D eigenvalue weighted by atomic mass is 10.1. The maximum atomic E-state index is 13.5. The third-order valence-corrected chi connectivity index (χ3v) is 2.85. The zero-order chi connectivity index (χ0) is 12.3. The average Bonchev–Trinajstić information content (AvgIpc) is 3.07. The van der Waals surface area contributed by atoms with Gasteiger partial charge in [-0.25, -0.2) is 9.37 Å². The maximum absolute atomic E-state index is 13.5. The van der Waals surface area contributed by atoms with Crippen LogP contribution in [-0.4, -0.2) is 22.6 Å². The van der Waals surface area contributed by atoms with E-state index in [4.69, 9.17) is 0 Å². The lowest BCUT2D eigenvalue weighted by Crippen LogP contribution is -2.18. The molecule has 0 bridgehead atoms. The highest BCUT2D eigenvalue weighted by Gasteiger charge is 2.24. The first kappa shape index (κ1) is 12.1. The van der Waals surface area contributed by atoms with Gasteiger partial charge >= 0.3 is 0 Å². The van der Waals surface area contributed by atoms with Gasteiger partial charge in [-0.15, -0.1) is 0 Å². The smallest absolute Gasteiger partial charge is 0.224 e. The number of aromatic nitrogens is 2. The summed E-state index contributed by atoms with van der Waals surface area (Å²) in [5.41, 5.74) is 0. The van der Waals surface area contributed by atoms with Gasteiger partial charge < -0.3 is 10.6 Å². The number of halogens is 1. The first-order valence-corrected chi connectivity index (χ1v) is 6.22. The Bertz CT molecular complexity index is 379. The summed E-state index contributed by atoms with van der Waals surface area (Å²) in [5.74, 6) is 1.18. The molecule has 4 nitrogen and oxygen atoms in total. The number of rotatable bonds is 6. The average molecular weight is 238 g/mol. The fraction of sp³-hybridized carbons (Fsp3) is 0.667. The van der Waals surface area contributed by atoms with Gasteiger partial charge in [0.1, 0.15) is 0 Å². The molecular weight excluding hydrogens is 219 g/mol. The molecule has 94 valence electrons. The Labute approximate surface area is 101 Å². The Hall–Kier alpha value is -1.39. The van der Waals surface area contributed by atoms with E-state index in [0.717, 1.165) is 18.9 Å². The van der Waals surface area contributed by atoms with E-state index in [1.54, 1.807) is 0 Å². The van der Waals surface area contributed by atoms with E-state index in [9.17, 15) is 4.39 Å². The van der Waals surface area contributed by atoms with Crippen LogP contribution in [0.1, 0.15) is 33.1 Å². The number of nitrogens with one attached hydrogen (secondary N) is 2. The molecule has 1 atom stereocenters. The van der Waals surface area contributed by atoms with Crippen molar-refractivity contribution in [1.82, 2.24) is 9.97 Å². The largest absolute Gasteiger partial charge is 0.365 e. The summed E-state index contributed by atoms with van der Waals surface area (Å²) in [6.07, 6.45) is 4.90. The van der Waals surface area contributed by atoms with Crippen molar-refractivity contribution in [3.05, 3.63) is 12.0 Å². The van der Waals surface area contributed by atoms with E-state index in [1.807, 2.05) is 6.92 Å². The van der Waals surface area contributed by atoms with Crippen molar-refractivity contribution in [2.45, 2.75) is 39.2 Å². The summed E-state index contributed by atoms with van der Waals surface area (Å²) in [6, 6.07) is 0.251. The van der Waals surface area contributed by atoms with Crippen LogP contribution in [0.3, 0.4) is 0 Å². The van der Waals surface area contributed by atoms with Crippen LogP contribution in [0.2, 0.25) is 0 Å². The first-order valence-electron chi connectivity index (χ1n) is 6.22. The van der Waals surface area contributed by atoms with Crippen LogP contribution in [0.15, 0.2) is 6.20 Å². The van der Waals surface area contributed by atoms with Crippen molar-refractivity contribution in [3.8, 4) is 0 Å². The van der Waals surface area contributed by atoms with Gasteiger partial charge in [-0.2, -0.15) is 4.98 Å². The highest BCUT2D eigenvalue weighted by Crippen LogP contribution is 2.34. The molecule has 1 aliphatic rings. The second-order valence-corrected chi connectivity index (χ2v) is 4.64. The van der Waals surface area contributed by atoms with Crippen LogP contribution < -0.4 is 10.6 Å². The highest BCUT2D eigenvalue weighted by molar-refractivity contribution is 5.41. The minimum absolute atomic E-state index is 0.251. The van der Waals surface area contributed by atoms with Gasteiger partial charge in [0, 0.05) is 12.6 Å². The zero-order valence-electron chi connectivity index (χ0n) is 10.3. The monoisotopic (exact) mass is 238 g/mol. The van der Waals surface area contributed by atoms with E-state index in [0.29, 0.717) is 11.8 Å². The summed E-state index contributed by atoms with van der Waals surface area (Å²) < 4.78 is 13.5. The predicted molar refractivity (Wildman–Crippen MR) is 66.6 cm³/mol. The second-order valence-electron chi connectivity index (χ2n) is 4.64. The summed E-state index contributed by atoms with van der Waals surface area (Å²) in [5, 5.41) is 6.09. The van der Waals surface area contributed by atoms with Crippen molar-refractivity contribution in [1.29, 1.82) is 0 Å². The number of anilines is 2. The van der Waals surface area contributed by atoms with Crippen molar-refractivity contribution < 1.29 is 4.39 Å². The summed E-state index contributed by atoms with van der Waals surface area (Å²) in [7, 11) is 0. The van der Waals surface area contributed by atoms with E-state index in [-0.39, 0.29) is 6.04 Å². The van der Waals surface area contributed by atoms with E-state index in [1.165, 1.54) is 19.0 Å². The third kappa shape index (κ3) is 3.54. The molecule has 1 aromatic rings. The number of nitrogens with zero attached hydrogens (tertiary/aromatic N) is 2. The van der Waals surface area contributed by atoms with Crippen molar-refractivity contribution in [2.24, 2.45) is 5.92 Å². The minimum Gasteiger partial charge on any atom is -0.365 e. The molecule has 5 heteroatoms. The van der Waals surface area contributed by atoms with Crippen LogP contribution in [-0.2, 0) is 0 Å². The Morgan fingerprint density at radius 1 is 1.53 bits per heavy atom. The van der Waals surface area contributed by atoms with Gasteiger partial charge in [-0.1, -0.05) is 12.8 Å². The van der Waals surface area contributed by atoms with Crippen LogP contribution in [0.4, 0.5) is 16.2 Å². The standard InChI is InChI=1S/C12H19FN4/c1-3-14-12-15-7-10(13)11(17-12)16-8(2)6-9-4-5-9/h7-9H,3-6H2,1-2H3,(H2,14,15,16,17). The van der Waals surface area contributed by atoms with Crippen molar-refractivity contribution in [3.63, 3.8) is 0 Å². The molecule has 0 radical (unpaired) electrons. The lowest BCUT2D eigenvalue weighted by Gasteiger charge is -2.15. The van der Waals surface area contributed by atoms with Crippen LogP contribution >= 0.6 is 0 Å². The molecule has 1 fully saturated rings. The molecule has 17 heavy (non-hydrogen) atoms. The molecule has 0 amide bonds. The SMILES string of the molecule is CCNc1ncc(F)c(NC(C)CC2CC2)n1. The summed E-state index contributed by atoms with van der Waals surface area (Å²) >= 11 is 0. The fourth-order valence-electron chi connectivity index (χ4n) is 1.86. The van der Waals surface area contributed by atoms with Gasteiger partial charge in [-0.3, -0.25) is 0 Å². The van der Waals surface area contributed by atoms with Crippen LogP contribution in [0.25, 0.3) is 0 Å². The van der Waals surface area contributed by atoms with Crippen LogP contribution in [0, 0.1) is 11.7 Å². The molecule has 1 aromatic heterocycles. The third-order valence-electron chi connectivity index (χ3n) is 2.85. The van der Waals surface area contributed by atoms with Gasteiger partial charge in [0.15, 0.2) is 11.6 Å². The lowest BCUT2D eigenvalue weighted by molar-refractivity contribution is 0.598. The molecule has 0 saturated heterocycles. The van der Waals surface area contributed by atoms with Crippen molar-refractivity contribution in [2.75, 3.05) is 17.2 Å². The van der Waals surface area contributed by atoms with E-state index >= 15 is 0 Å². The predicted octanol–water partition coefficient (Wildman–Crippen LogP) is 2.65. The zero-order valence-corrected chi connectivity index (χ0v) is 10.3. The molecule has 2 N–H and O–H groups in total. The molecule has 1 aliphatic carbocycles. The van der Waals surface area contributed by atoms with Crippen molar-refractivity contribution >= 4 is 11.8 Å². The Kier molecular flexibility index (Phi) is 3.76. The molecule has 0 aliphatic heterocycles. The normalized spacial score (nSPS) is 16.6. The Balaban J connectivity index is 1.99. The number of hydrogen-bond acceptors (Lipinski definition) is 4. The molecule has 0 aromatic carbocycles. The van der Waals surface area contributed by atoms with E-state index in [2.05, 4.69) is 27.5 Å². The molecule has 1 saturated carbocycles. The summed E-state index contributed by atoms with van der Waals surface area (Å²) in [4.78, 5) is 7.99. The van der Waals surface area contributed by atoms with Crippen LogP contribution in [0.5, 0.6) is 0 Å².